The minimum Gasteiger partial charge on any atom is -0.355 e. The van der Waals surface area contributed by atoms with Crippen LogP contribution in [0.25, 0.3) is 0 Å². The van der Waals surface area contributed by atoms with Gasteiger partial charge in [0.25, 0.3) is 15.9 Å². The van der Waals surface area contributed by atoms with E-state index < -0.39 is 10.0 Å². The van der Waals surface area contributed by atoms with E-state index in [4.69, 9.17) is 0 Å². The summed E-state index contributed by atoms with van der Waals surface area (Å²) in [6.07, 6.45) is 1.45. The zero-order chi connectivity index (χ0) is 23.6. The largest absolute Gasteiger partial charge is 0.355 e. The van der Waals surface area contributed by atoms with Crippen LogP contribution in [0.1, 0.15) is 42.6 Å². The molecule has 0 aliphatic carbocycles. The average Bonchev–Trinajstić information content (AvgIpc) is 3.11. The number of carbonyl (C=O) groups is 2. The lowest BCUT2D eigenvalue weighted by Gasteiger charge is -2.33. The van der Waals surface area contributed by atoms with Crippen LogP contribution >= 0.6 is 0 Å². The van der Waals surface area contributed by atoms with Gasteiger partial charge in [-0.25, -0.2) is 0 Å². The van der Waals surface area contributed by atoms with E-state index in [-0.39, 0.29) is 22.6 Å². The van der Waals surface area contributed by atoms with Crippen LogP contribution in [0.2, 0.25) is 0 Å². The molecule has 0 radical (unpaired) electrons. The minimum absolute atomic E-state index is 0.0703. The summed E-state index contributed by atoms with van der Waals surface area (Å²) >= 11 is 0. The Morgan fingerprint density at radius 2 is 1.88 bits per heavy atom. The maximum atomic E-state index is 13.0. The molecule has 1 atom stereocenters. The van der Waals surface area contributed by atoms with Gasteiger partial charge in [0.1, 0.15) is 4.90 Å². The fourth-order valence-corrected chi connectivity index (χ4v) is 5.60. The molecule has 0 aromatic heterocycles. The number of likely N-dealkylation sites (tertiary alicyclic amines) is 1. The molecule has 2 aliphatic heterocycles. The summed E-state index contributed by atoms with van der Waals surface area (Å²) in [7, 11) is -3.71. The second kappa shape index (κ2) is 9.35. The predicted molar refractivity (Wildman–Crippen MR) is 127 cm³/mol. The molecular formula is C24H28N4O4S. The van der Waals surface area contributed by atoms with Gasteiger partial charge in [-0.3, -0.25) is 9.59 Å². The summed E-state index contributed by atoms with van der Waals surface area (Å²) < 4.78 is 28.8. The van der Waals surface area contributed by atoms with Crippen molar-refractivity contribution in [2.45, 2.75) is 31.6 Å². The third-order valence-corrected chi connectivity index (χ3v) is 7.46. The maximum Gasteiger partial charge on any atom is 0.285 e. The van der Waals surface area contributed by atoms with Crippen LogP contribution in [-0.4, -0.2) is 62.0 Å². The molecule has 4 rings (SSSR count). The smallest absolute Gasteiger partial charge is 0.285 e. The summed E-state index contributed by atoms with van der Waals surface area (Å²) in [5.41, 5.74) is 1.69. The monoisotopic (exact) mass is 468 g/mol. The van der Waals surface area contributed by atoms with Crippen LogP contribution in [-0.2, 0) is 14.8 Å². The summed E-state index contributed by atoms with van der Waals surface area (Å²) in [4.78, 5) is 29.5. The van der Waals surface area contributed by atoms with Gasteiger partial charge in [0.15, 0.2) is 5.84 Å². The van der Waals surface area contributed by atoms with Crippen molar-refractivity contribution in [3.63, 3.8) is 0 Å². The molecule has 2 aromatic rings. The first-order chi connectivity index (χ1) is 15.8. The van der Waals surface area contributed by atoms with Crippen molar-refractivity contribution in [3.05, 3.63) is 59.7 Å². The fraction of sp³-hybridized carbons (Fsp3) is 0.375. The van der Waals surface area contributed by atoms with Crippen LogP contribution in [0.15, 0.2) is 57.8 Å². The summed E-state index contributed by atoms with van der Waals surface area (Å²) in [6.45, 7) is 6.12. The van der Waals surface area contributed by atoms with Gasteiger partial charge in [-0.15, -0.1) is 4.40 Å². The molecule has 33 heavy (non-hydrogen) atoms. The molecule has 8 nitrogen and oxygen atoms in total. The van der Waals surface area contributed by atoms with Crippen molar-refractivity contribution >= 4 is 33.4 Å². The molecule has 0 bridgehead atoms. The first-order valence-corrected chi connectivity index (χ1v) is 12.7. The molecule has 1 unspecified atom stereocenters. The summed E-state index contributed by atoms with van der Waals surface area (Å²) in [5.74, 6) is -0.130. The molecule has 174 valence electrons. The lowest BCUT2D eigenvalue weighted by atomic mass is 9.96. The van der Waals surface area contributed by atoms with E-state index in [1.165, 1.54) is 0 Å². The molecule has 2 heterocycles. The van der Waals surface area contributed by atoms with Crippen molar-refractivity contribution < 1.29 is 18.0 Å². The Labute approximate surface area is 194 Å². The number of carbonyl (C=O) groups excluding carboxylic acids is 2. The zero-order valence-corrected chi connectivity index (χ0v) is 19.6. The van der Waals surface area contributed by atoms with E-state index in [1.54, 1.807) is 53.4 Å². The number of rotatable bonds is 5. The molecule has 2 amide bonds. The highest BCUT2D eigenvalue weighted by atomic mass is 32.2. The number of anilines is 1. The quantitative estimate of drug-likeness (QED) is 0.727. The summed E-state index contributed by atoms with van der Waals surface area (Å²) in [6, 6.07) is 13.7. The second-order valence-electron chi connectivity index (χ2n) is 8.22. The van der Waals surface area contributed by atoms with Crippen LogP contribution in [0.3, 0.4) is 0 Å². The van der Waals surface area contributed by atoms with E-state index in [0.29, 0.717) is 55.2 Å². The number of nitrogens with one attached hydrogen (secondary N) is 1. The van der Waals surface area contributed by atoms with Crippen molar-refractivity contribution in [2.75, 3.05) is 31.5 Å². The molecule has 0 saturated carbocycles. The molecule has 9 heteroatoms. The maximum absolute atomic E-state index is 13.0. The third kappa shape index (κ3) is 4.64. The highest BCUT2D eigenvalue weighted by molar-refractivity contribution is 7.90. The van der Waals surface area contributed by atoms with Crippen LogP contribution in [0.4, 0.5) is 5.69 Å². The van der Waals surface area contributed by atoms with E-state index in [2.05, 4.69) is 9.71 Å². The fourth-order valence-electron chi connectivity index (χ4n) is 4.37. The average molecular weight is 469 g/mol. The lowest BCUT2D eigenvalue weighted by molar-refractivity contribution is -0.121. The Balaban J connectivity index is 1.48. The van der Waals surface area contributed by atoms with Crippen molar-refractivity contribution in [1.29, 1.82) is 0 Å². The van der Waals surface area contributed by atoms with Gasteiger partial charge in [-0.2, -0.15) is 8.42 Å². The number of amidine groups is 1. The SMILES string of the molecule is CCN(CC)C(=O)c1cccc(NC(=O)C2CCCN(C3=NS(=O)(=O)c4ccccc43)C2)c1. The number of sulfonamides is 1. The number of fused-ring (bicyclic) bond motifs is 1. The molecule has 1 saturated heterocycles. The molecule has 1 fully saturated rings. The predicted octanol–water partition coefficient (Wildman–Crippen LogP) is 2.97. The van der Waals surface area contributed by atoms with Gasteiger partial charge < -0.3 is 15.1 Å². The molecule has 0 spiro atoms. The van der Waals surface area contributed by atoms with Crippen molar-refractivity contribution in [2.24, 2.45) is 10.3 Å². The number of hydrogen-bond donors (Lipinski definition) is 1. The normalized spacial score (nSPS) is 18.9. The summed E-state index contributed by atoms with van der Waals surface area (Å²) in [5, 5.41) is 2.93. The molecule has 2 aliphatic rings. The molecule has 1 N–H and O–H groups in total. The van der Waals surface area contributed by atoms with Crippen molar-refractivity contribution in [3.8, 4) is 0 Å². The number of nitrogens with zero attached hydrogens (tertiary/aromatic N) is 3. The lowest BCUT2D eigenvalue weighted by Crippen LogP contribution is -2.43. The van der Waals surface area contributed by atoms with E-state index >= 15 is 0 Å². The van der Waals surface area contributed by atoms with E-state index in [1.807, 2.05) is 18.7 Å². The number of benzene rings is 2. The van der Waals surface area contributed by atoms with Gasteiger partial charge in [0, 0.05) is 43.0 Å². The highest BCUT2D eigenvalue weighted by Crippen LogP contribution is 2.30. The Morgan fingerprint density at radius 3 is 2.64 bits per heavy atom. The van der Waals surface area contributed by atoms with E-state index in [9.17, 15) is 18.0 Å². The standard InChI is InChI=1S/C24H28N4O4S/c1-3-27(4-2)24(30)17-9-7-11-19(15-17)25-23(29)18-10-8-14-28(16-18)22-20-12-5-6-13-21(20)33(31,32)26-22/h5-7,9,11-13,15,18H,3-4,8,10,14,16H2,1-2H3,(H,25,29). The minimum atomic E-state index is -3.71. The van der Waals surface area contributed by atoms with Gasteiger partial charge in [-0.05, 0) is 57.0 Å². The molecule has 2 aromatic carbocycles. The van der Waals surface area contributed by atoms with Crippen LogP contribution in [0.5, 0.6) is 0 Å². The highest BCUT2D eigenvalue weighted by Gasteiger charge is 2.35. The van der Waals surface area contributed by atoms with Gasteiger partial charge in [0.2, 0.25) is 5.91 Å². The number of amides is 2. The topological polar surface area (TPSA) is 99.2 Å². The van der Waals surface area contributed by atoms with Crippen LogP contribution < -0.4 is 5.32 Å². The van der Waals surface area contributed by atoms with E-state index in [0.717, 1.165) is 6.42 Å². The Bertz CT molecular complexity index is 1200. The van der Waals surface area contributed by atoms with Gasteiger partial charge in [0.05, 0.1) is 5.92 Å². The van der Waals surface area contributed by atoms with Gasteiger partial charge >= 0.3 is 0 Å². The number of piperidine rings is 1. The van der Waals surface area contributed by atoms with Crippen molar-refractivity contribution in [1.82, 2.24) is 9.80 Å². The zero-order valence-electron chi connectivity index (χ0n) is 18.8. The Kier molecular flexibility index (Phi) is 6.51. The Hall–Kier alpha value is -3.20. The first-order valence-electron chi connectivity index (χ1n) is 11.2. The van der Waals surface area contributed by atoms with Crippen LogP contribution in [0, 0.1) is 5.92 Å². The number of hydrogen-bond acceptors (Lipinski definition) is 5. The second-order valence-corrected chi connectivity index (χ2v) is 9.79. The van der Waals surface area contributed by atoms with Gasteiger partial charge in [-0.1, -0.05) is 18.2 Å². The third-order valence-electron chi connectivity index (χ3n) is 6.13. The first kappa shape index (κ1) is 23.0. The molecular weight excluding hydrogens is 440 g/mol. The Morgan fingerprint density at radius 1 is 1.12 bits per heavy atom.